The van der Waals surface area contributed by atoms with E-state index in [1.807, 2.05) is 18.2 Å². The lowest BCUT2D eigenvalue weighted by atomic mass is 10.1. The summed E-state index contributed by atoms with van der Waals surface area (Å²) in [7, 11) is 0. The largest absolute Gasteiger partial charge is 0.348 e. The molecule has 0 unspecified atom stereocenters. The summed E-state index contributed by atoms with van der Waals surface area (Å²) in [5.41, 5.74) is 6.60. The number of piperazine rings is 1. The van der Waals surface area contributed by atoms with E-state index in [4.69, 9.17) is 11.6 Å². The molecule has 0 atom stereocenters. The van der Waals surface area contributed by atoms with Crippen LogP contribution in [0.1, 0.15) is 27.0 Å². The third-order valence-electron chi connectivity index (χ3n) is 6.08. The second-order valence-electron chi connectivity index (χ2n) is 8.29. The van der Waals surface area contributed by atoms with Crippen molar-refractivity contribution in [1.29, 1.82) is 0 Å². The van der Waals surface area contributed by atoms with Crippen LogP contribution in [0, 0.1) is 0 Å². The number of pyridine rings is 1. The molecule has 1 fully saturated rings. The molecule has 1 saturated heterocycles. The van der Waals surface area contributed by atoms with Gasteiger partial charge in [0.1, 0.15) is 0 Å². The van der Waals surface area contributed by atoms with Crippen LogP contribution in [0.25, 0.3) is 11.3 Å². The molecule has 1 N–H and O–H groups in total. The molecule has 0 radical (unpaired) electrons. The first kappa shape index (κ1) is 20.2. The van der Waals surface area contributed by atoms with E-state index in [2.05, 4.69) is 56.5 Å². The molecule has 2 aliphatic heterocycles. The molecule has 31 heavy (non-hydrogen) atoms. The van der Waals surface area contributed by atoms with E-state index >= 15 is 0 Å². The molecule has 2 aliphatic rings. The van der Waals surface area contributed by atoms with E-state index < -0.39 is 0 Å². The number of nitrogens with zero attached hydrogens (tertiary/aromatic N) is 3. The fourth-order valence-corrected chi connectivity index (χ4v) is 4.49. The van der Waals surface area contributed by atoms with Crippen molar-refractivity contribution in [2.75, 3.05) is 26.2 Å². The maximum absolute atomic E-state index is 11.7. The zero-order valence-corrected chi connectivity index (χ0v) is 18.1. The van der Waals surface area contributed by atoms with Crippen molar-refractivity contribution in [1.82, 2.24) is 20.1 Å². The van der Waals surface area contributed by atoms with Gasteiger partial charge in [-0.1, -0.05) is 41.9 Å². The second-order valence-corrected chi connectivity index (χ2v) is 8.72. The Morgan fingerprint density at radius 1 is 0.903 bits per heavy atom. The predicted molar refractivity (Wildman–Crippen MR) is 123 cm³/mol. The average Bonchev–Trinajstić information content (AvgIpc) is 3.16. The summed E-state index contributed by atoms with van der Waals surface area (Å²) in [6.07, 6.45) is 1.69. The van der Waals surface area contributed by atoms with Crippen LogP contribution in [-0.2, 0) is 19.6 Å². The Labute approximate surface area is 187 Å². The van der Waals surface area contributed by atoms with Gasteiger partial charge in [-0.05, 0) is 41.0 Å². The monoisotopic (exact) mass is 432 g/mol. The van der Waals surface area contributed by atoms with E-state index in [-0.39, 0.29) is 5.91 Å². The van der Waals surface area contributed by atoms with Gasteiger partial charge in [-0.3, -0.25) is 19.6 Å². The van der Waals surface area contributed by atoms with Gasteiger partial charge in [-0.25, -0.2) is 0 Å². The van der Waals surface area contributed by atoms with Crippen LogP contribution in [0.2, 0.25) is 5.02 Å². The molecule has 3 heterocycles. The van der Waals surface area contributed by atoms with Crippen molar-refractivity contribution >= 4 is 17.5 Å². The lowest BCUT2D eigenvalue weighted by Gasteiger charge is -2.34. The third kappa shape index (κ3) is 4.64. The molecule has 1 amide bonds. The van der Waals surface area contributed by atoms with Gasteiger partial charge in [0, 0.05) is 63.1 Å². The predicted octanol–water partition coefficient (Wildman–Crippen LogP) is 3.96. The second kappa shape index (κ2) is 8.79. The number of fused-ring (bicyclic) bond motifs is 1. The molecular weight excluding hydrogens is 408 g/mol. The van der Waals surface area contributed by atoms with E-state index in [1.165, 1.54) is 11.1 Å². The normalized spacial score (nSPS) is 16.9. The van der Waals surface area contributed by atoms with Gasteiger partial charge in [0.15, 0.2) is 0 Å². The van der Waals surface area contributed by atoms with E-state index in [0.29, 0.717) is 11.6 Å². The van der Waals surface area contributed by atoms with Crippen LogP contribution >= 0.6 is 11.6 Å². The molecular formula is C25H25ClN4O. The van der Waals surface area contributed by atoms with Gasteiger partial charge in [0.05, 0.1) is 10.7 Å². The highest BCUT2D eigenvalue weighted by Gasteiger charge is 2.21. The van der Waals surface area contributed by atoms with Crippen molar-refractivity contribution in [2.24, 2.45) is 0 Å². The van der Waals surface area contributed by atoms with Crippen molar-refractivity contribution in [2.45, 2.75) is 19.6 Å². The van der Waals surface area contributed by atoms with Crippen molar-refractivity contribution in [3.63, 3.8) is 0 Å². The third-order valence-corrected chi connectivity index (χ3v) is 6.30. The molecule has 2 aromatic carbocycles. The van der Waals surface area contributed by atoms with E-state index in [0.717, 1.165) is 61.7 Å². The molecule has 0 spiro atoms. The molecule has 0 bridgehead atoms. The lowest BCUT2D eigenvalue weighted by molar-refractivity contribution is 0.0965. The number of hydrogen-bond acceptors (Lipinski definition) is 4. The van der Waals surface area contributed by atoms with E-state index in [9.17, 15) is 4.79 Å². The van der Waals surface area contributed by atoms with Crippen molar-refractivity contribution in [3.05, 3.63) is 88.1 Å². The fraction of sp³-hybridized carbons (Fsp3) is 0.280. The first-order valence-electron chi connectivity index (χ1n) is 10.7. The average molecular weight is 433 g/mol. The Morgan fingerprint density at radius 2 is 1.65 bits per heavy atom. The Balaban J connectivity index is 1.17. The minimum Gasteiger partial charge on any atom is -0.348 e. The van der Waals surface area contributed by atoms with Crippen LogP contribution in [0.15, 0.2) is 60.8 Å². The summed E-state index contributed by atoms with van der Waals surface area (Å²) in [6.45, 7) is 6.73. The van der Waals surface area contributed by atoms with Gasteiger partial charge in [-0.15, -0.1) is 0 Å². The number of rotatable bonds is 5. The molecule has 1 aromatic heterocycles. The highest BCUT2D eigenvalue weighted by molar-refractivity contribution is 6.30. The lowest BCUT2D eigenvalue weighted by Crippen LogP contribution is -2.45. The first-order valence-corrected chi connectivity index (χ1v) is 11.1. The Hall–Kier alpha value is -2.73. The van der Waals surface area contributed by atoms with Crippen LogP contribution < -0.4 is 5.32 Å². The fourth-order valence-electron chi connectivity index (χ4n) is 4.38. The molecule has 3 aromatic rings. The number of nitrogens with one attached hydrogen (secondary N) is 1. The van der Waals surface area contributed by atoms with Crippen LogP contribution in [0.5, 0.6) is 0 Å². The van der Waals surface area contributed by atoms with Gasteiger partial charge in [0.25, 0.3) is 5.91 Å². The minimum absolute atomic E-state index is 0.0473. The van der Waals surface area contributed by atoms with Crippen LogP contribution in [0.3, 0.4) is 0 Å². The Morgan fingerprint density at radius 3 is 2.35 bits per heavy atom. The van der Waals surface area contributed by atoms with Crippen molar-refractivity contribution in [3.8, 4) is 11.3 Å². The summed E-state index contributed by atoms with van der Waals surface area (Å²) in [6, 6.07) is 18.7. The molecule has 5 rings (SSSR count). The van der Waals surface area contributed by atoms with Gasteiger partial charge >= 0.3 is 0 Å². The summed E-state index contributed by atoms with van der Waals surface area (Å²) in [4.78, 5) is 21.2. The minimum atomic E-state index is 0.0473. The molecule has 5 nitrogen and oxygen atoms in total. The number of benzene rings is 2. The number of amides is 1. The molecule has 158 valence electrons. The summed E-state index contributed by atoms with van der Waals surface area (Å²) in [5.74, 6) is 0.0473. The zero-order chi connectivity index (χ0) is 21.2. The first-order chi connectivity index (χ1) is 15.1. The van der Waals surface area contributed by atoms with Gasteiger partial charge < -0.3 is 5.32 Å². The maximum Gasteiger partial charge on any atom is 0.251 e. The number of hydrogen-bond donors (Lipinski definition) is 1. The van der Waals surface area contributed by atoms with E-state index in [1.54, 1.807) is 6.20 Å². The Kier molecular flexibility index (Phi) is 5.72. The number of carbonyl (C=O) groups excluding carboxylic acids is 1. The number of carbonyl (C=O) groups is 1. The van der Waals surface area contributed by atoms with Crippen LogP contribution in [-0.4, -0.2) is 46.9 Å². The van der Waals surface area contributed by atoms with Crippen molar-refractivity contribution < 1.29 is 4.79 Å². The summed E-state index contributed by atoms with van der Waals surface area (Å²) >= 11 is 5.96. The zero-order valence-electron chi connectivity index (χ0n) is 17.4. The Bertz CT molecular complexity index is 1090. The molecule has 0 aliphatic carbocycles. The summed E-state index contributed by atoms with van der Waals surface area (Å²) in [5, 5.41) is 3.55. The van der Waals surface area contributed by atoms with Gasteiger partial charge in [0.2, 0.25) is 0 Å². The number of halogens is 1. The molecule has 6 heteroatoms. The van der Waals surface area contributed by atoms with Gasteiger partial charge in [-0.2, -0.15) is 0 Å². The van der Waals surface area contributed by atoms with Crippen LogP contribution in [0.4, 0.5) is 0 Å². The highest BCUT2D eigenvalue weighted by Crippen LogP contribution is 2.22. The highest BCUT2D eigenvalue weighted by atomic mass is 35.5. The summed E-state index contributed by atoms with van der Waals surface area (Å²) < 4.78 is 0. The topological polar surface area (TPSA) is 48.5 Å². The SMILES string of the molecule is O=C1NCc2cc(CN3CCN(Cc4cccc(-c5ccc(Cl)cn5)c4)CC3)ccc21. The number of aromatic nitrogens is 1. The smallest absolute Gasteiger partial charge is 0.251 e. The molecule has 0 saturated carbocycles. The standard InChI is InChI=1S/C25H25ClN4O/c26-22-5-7-24(27-15-22)20-3-1-2-18(12-20)16-29-8-10-30(11-9-29)17-19-4-6-23-21(13-19)14-28-25(23)31/h1-7,12-13,15H,8-11,14,16-17H2,(H,28,31). The quantitative estimate of drug-likeness (QED) is 0.663. The maximum atomic E-state index is 11.7.